The second-order valence-electron chi connectivity index (χ2n) is 7.05. The SMILES string of the molecule is CC[C@H](OC(=O)N[C@@H](C)c1ccc(C(=O)Nc2ccccc2O)cc1)c1cccnc1. The fraction of sp³-hybridized carbons (Fsp3) is 0.208. The molecule has 0 bridgehead atoms. The number of rotatable bonds is 7. The van der Waals surface area contributed by atoms with Crippen LogP contribution < -0.4 is 10.6 Å². The molecule has 7 heteroatoms. The van der Waals surface area contributed by atoms with Gasteiger partial charge in [0.15, 0.2) is 0 Å². The fourth-order valence-corrected chi connectivity index (χ4v) is 3.07. The molecule has 3 rings (SSSR count). The molecule has 2 atom stereocenters. The lowest BCUT2D eigenvalue weighted by Crippen LogP contribution is -2.28. The number of phenolic OH excluding ortho intramolecular Hbond substituents is 1. The highest BCUT2D eigenvalue weighted by atomic mass is 16.6. The number of anilines is 1. The summed E-state index contributed by atoms with van der Waals surface area (Å²) in [5, 5.41) is 15.3. The topological polar surface area (TPSA) is 101 Å². The smallest absolute Gasteiger partial charge is 0.408 e. The Morgan fingerprint density at radius 2 is 1.77 bits per heavy atom. The molecule has 0 unspecified atom stereocenters. The molecule has 7 nitrogen and oxygen atoms in total. The molecule has 0 spiro atoms. The van der Waals surface area contributed by atoms with Gasteiger partial charge in [0, 0.05) is 23.5 Å². The van der Waals surface area contributed by atoms with Crippen molar-refractivity contribution in [3.05, 3.63) is 89.7 Å². The van der Waals surface area contributed by atoms with Crippen molar-refractivity contribution in [1.82, 2.24) is 10.3 Å². The summed E-state index contributed by atoms with van der Waals surface area (Å²) < 4.78 is 5.54. The molecule has 3 aromatic rings. The first-order chi connectivity index (χ1) is 15.0. The van der Waals surface area contributed by atoms with Gasteiger partial charge in [-0.2, -0.15) is 0 Å². The Hall–Kier alpha value is -3.87. The van der Waals surface area contributed by atoms with E-state index in [2.05, 4.69) is 15.6 Å². The van der Waals surface area contributed by atoms with Crippen molar-refractivity contribution in [3.8, 4) is 5.75 Å². The molecule has 0 aliphatic carbocycles. The summed E-state index contributed by atoms with van der Waals surface area (Å²) in [7, 11) is 0. The summed E-state index contributed by atoms with van der Waals surface area (Å²) in [6.45, 7) is 3.77. The van der Waals surface area contributed by atoms with Gasteiger partial charge in [0.25, 0.3) is 5.91 Å². The molecule has 0 aliphatic heterocycles. The van der Waals surface area contributed by atoms with Crippen molar-refractivity contribution >= 4 is 17.7 Å². The number of hydrogen-bond donors (Lipinski definition) is 3. The minimum atomic E-state index is -0.524. The molecule has 0 saturated heterocycles. The van der Waals surface area contributed by atoms with Gasteiger partial charge >= 0.3 is 6.09 Å². The third kappa shape index (κ3) is 5.82. The van der Waals surface area contributed by atoms with Gasteiger partial charge in [0.2, 0.25) is 0 Å². The van der Waals surface area contributed by atoms with E-state index in [0.29, 0.717) is 17.7 Å². The van der Waals surface area contributed by atoms with Gasteiger partial charge in [-0.1, -0.05) is 37.3 Å². The minimum absolute atomic E-state index is 0.000437. The predicted octanol–water partition coefficient (Wildman–Crippen LogP) is 4.98. The number of carbonyl (C=O) groups is 2. The number of ether oxygens (including phenoxy) is 1. The number of aromatic hydroxyl groups is 1. The van der Waals surface area contributed by atoms with Crippen LogP contribution in [0.4, 0.5) is 10.5 Å². The van der Waals surface area contributed by atoms with E-state index in [1.54, 1.807) is 60.9 Å². The van der Waals surface area contributed by atoms with E-state index in [-0.39, 0.29) is 23.8 Å². The lowest BCUT2D eigenvalue weighted by atomic mass is 10.1. The van der Waals surface area contributed by atoms with Crippen molar-refractivity contribution < 1.29 is 19.4 Å². The number of phenols is 1. The highest BCUT2D eigenvalue weighted by Gasteiger charge is 2.17. The van der Waals surface area contributed by atoms with Crippen LogP contribution in [-0.4, -0.2) is 22.1 Å². The third-order valence-corrected chi connectivity index (χ3v) is 4.84. The highest BCUT2D eigenvalue weighted by molar-refractivity contribution is 6.05. The van der Waals surface area contributed by atoms with Crippen LogP contribution in [0.2, 0.25) is 0 Å². The summed E-state index contributed by atoms with van der Waals surface area (Å²) in [6.07, 6.45) is 3.09. The summed E-state index contributed by atoms with van der Waals surface area (Å²) in [4.78, 5) is 28.8. The van der Waals surface area contributed by atoms with E-state index >= 15 is 0 Å². The number of hydrogen-bond acceptors (Lipinski definition) is 5. The number of para-hydroxylation sites is 2. The van der Waals surface area contributed by atoms with Crippen molar-refractivity contribution in [2.45, 2.75) is 32.4 Å². The van der Waals surface area contributed by atoms with Crippen LogP contribution in [0.25, 0.3) is 0 Å². The largest absolute Gasteiger partial charge is 0.506 e. The number of aromatic nitrogens is 1. The summed E-state index contributed by atoms with van der Waals surface area (Å²) in [6, 6.07) is 16.8. The number of carbonyl (C=O) groups excluding carboxylic acids is 2. The van der Waals surface area contributed by atoms with Crippen molar-refractivity contribution in [2.24, 2.45) is 0 Å². The van der Waals surface area contributed by atoms with Gasteiger partial charge in [-0.05, 0) is 49.2 Å². The first-order valence-electron chi connectivity index (χ1n) is 10.0. The van der Waals surface area contributed by atoms with E-state index in [1.165, 1.54) is 6.07 Å². The Morgan fingerprint density at radius 1 is 1.03 bits per heavy atom. The molecule has 160 valence electrons. The minimum Gasteiger partial charge on any atom is -0.506 e. The molecule has 1 aromatic heterocycles. The zero-order chi connectivity index (χ0) is 22.2. The quantitative estimate of drug-likeness (QED) is 0.469. The van der Waals surface area contributed by atoms with E-state index in [9.17, 15) is 14.7 Å². The maximum absolute atomic E-state index is 12.4. The summed E-state index contributed by atoms with van der Waals surface area (Å²) in [5.74, 6) is -0.337. The van der Waals surface area contributed by atoms with Crippen LogP contribution >= 0.6 is 0 Å². The first kappa shape index (κ1) is 21.8. The molecule has 0 saturated carbocycles. The number of nitrogens with zero attached hydrogens (tertiary/aromatic N) is 1. The molecular formula is C24H25N3O4. The Balaban J connectivity index is 1.58. The van der Waals surface area contributed by atoms with Crippen LogP contribution in [0.5, 0.6) is 5.75 Å². The summed E-state index contributed by atoms with van der Waals surface area (Å²) in [5.41, 5.74) is 2.44. The van der Waals surface area contributed by atoms with Crippen molar-refractivity contribution in [3.63, 3.8) is 0 Å². The van der Waals surface area contributed by atoms with Crippen molar-refractivity contribution in [2.75, 3.05) is 5.32 Å². The zero-order valence-corrected chi connectivity index (χ0v) is 17.4. The van der Waals surface area contributed by atoms with Crippen LogP contribution in [-0.2, 0) is 4.74 Å². The maximum Gasteiger partial charge on any atom is 0.408 e. The monoisotopic (exact) mass is 419 g/mol. The normalized spacial score (nSPS) is 12.5. The van der Waals surface area contributed by atoms with Crippen LogP contribution in [0.1, 0.15) is 53.9 Å². The number of amides is 2. The molecular weight excluding hydrogens is 394 g/mol. The zero-order valence-electron chi connectivity index (χ0n) is 17.4. The Morgan fingerprint density at radius 3 is 2.42 bits per heavy atom. The van der Waals surface area contributed by atoms with Gasteiger partial charge in [0.1, 0.15) is 11.9 Å². The van der Waals surface area contributed by atoms with Crippen LogP contribution in [0.3, 0.4) is 0 Å². The molecule has 3 N–H and O–H groups in total. The van der Waals surface area contributed by atoms with E-state index < -0.39 is 6.09 Å². The standard InChI is InChI=1S/C24H25N3O4/c1-3-22(19-7-6-14-25-15-19)31-24(30)26-16(2)17-10-12-18(13-11-17)23(29)27-20-8-4-5-9-21(20)28/h4-16,22,28H,3H2,1-2H3,(H,26,30)(H,27,29)/t16-,22-/m0/s1. The van der Waals surface area contributed by atoms with Gasteiger partial charge in [-0.3, -0.25) is 9.78 Å². The second kappa shape index (κ2) is 10.2. The number of benzene rings is 2. The van der Waals surface area contributed by atoms with Crippen LogP contribution in [0, 0.1) is 0 Å². The molecule has 2 amide bonds. The van der Waals surface area contributed by atoms with Gasteiger partial charge in [-0.15, -0.1) is 0 Å². The van der Waals surface area contributed by atoms with Crippen LogP contribution in [0.15, 0.2) is 73.1 Å². The molecule has 0 radical (unpaired) electrons. The number of alkyl carbamates (subject to hydrolysis) is 1. The number of nitrogens with one attached hydrogen (secondary N) is 2. The van der Waals surface area contributed by atoms with Crippen molar-refractivity contribution in [1.29, 1.82) is 0 Å². The second-order valence-corrected chi connectivity index (χ2v) is 7.05. The lowest BCUT2D eigenvalue weighted by Gasteiger charge is -2.19. The lowest BCUT2D eigenvalue weighted by molar-refractivity contribution is 0.0924. The van der Waals surface area contributed by atoms with Gasteiger partial charge in [-0.25, -0.2) is 4.79 Å². The Bertz CT molecular complexity index is 1020. The Labute approximate surface area is 181 Å². The highest BCUT2D eigenvalue weighted by Crippen LogP contribution is 2.23. The van der Waals surface area contributed by atoms with E-state index in [0.717, 1.165) is 11.1 Å². The first-order valence-corrected chi connectivity index (χ1v) is 10.0. The average molecular weight is 419 g/mol. The summed E-state index contributed by atoms with van der Waals surface area (Å²) >= 11 is 0. The molecule has 0 aliphatic rings. The van der Waals surface area contributed by atoms with E-state index in [4.69, 9.17) is 4.74 Å². The maximum atomic E-state index is 12.4. The molecule has 0 fully saturated rings. The fourth-order valence-electron chi connectivity index (χ4n) is 3.07. The number of pyridine rings is 1. The molecule has 31 heavy (non-hydrogen) atoms. The average Bonchev–Trinajstić information content (AvgIpc) is 2.79. The predicted molar refractivity (Wildman–Crippen MR) is 118 cm³/mol. The van der Waals surface area contributed by atoms with E-state index in [1.807, 2.05) is 19.9 Å². The third-order valence-electron chi connectivity index (χ3n) is 4.84. The van der Waals surface area contributed by atoms with Gasteiger partial charge in [0.05, 0.1) is 11.7 Å². The Kier molecular flexibility index (Phi) is 7.22. The van der Waals surface area contributed by atoms with Gasteiger partial charge < -0.3 is 20.5 Å². The molecule has 2 aromatic carbocycles. The molecule has 1 heterocycles.